The molecule has 1 aromatic heterocycles. The molecule has 0 aliphatic carbocycles. The van der Waals surface area contributed by atoms with Gasteiger partial charge in [0, 0.05) is 24.9 Å². The zero-order valence-electron chi connectivity index (χ0n) is 10.6. The Morgan fingerprint density at radius 1 is 1.36 bits per heavy atom. The molecule has 2 rings (SSSR count). The summed E-state index contributed by atoms with van der Waals surface area (Å²) in [5.74, 6) is -3.09. The number of alkyl halides is 3. The Bertz CT molecular complexity index is 710. The molecule has 1 unspecified atom stereocenters. The maximum absolute atomic E-state index is 12.6. The summed E-state index contributed by atoms with van der Waals surface area (Å²) in [7, 11) is -4.80. The van der Waals surface area contributed by atoms with E-state index in [1.54, 1.807) is 0 Å². The summed E-state index contributed by atoms with van der Waals surface area (Å²) in [5, 5.41) is -0.522. The standard InChI is InChI=1S/C10H8ClF4N3O3S/c11-7-2-6(10(12,13)14)16-9(17-7)18-3-5(1-8(18)19)4-22(15,20)21/h2,5H,1,3-4H2. The lowest BCUT2D eigenvalue weighted by atomic mass is 10.1. The van der Waals surface area contributed by atoms with E-state index in [1.165, 1.54) is 0 Å². The van der Waals surface area contributed by atoms with Gasteiger partial charge in [-0.05, 0) is 0 Å². The highest BCUT2D eigenvalue weighted by Gasteiger charge is 2.38. The van der Waals surface area contributed by atoms with Gasteiger partial charge in [-0.3, -0.25) is 9.69 Å². The smallest absolute Gasteiger partial charge is 0.280 e. The lowest BCUT2D eigenvalue weighted by Gasteiger charge is -2.16. The van der Waals surface area contributed by atoms with Crippen LogP contribution in [0.1, 0.15) is 12.1 Å². The average molecular weight is 362 g/mol. The maximum Gasteiger partial charge on any atom is 0.433 e. The van der Waals surface area contributed by atoms with Gasteiger partial charge in [0.05, 0.1) is 5.75 Å². The molecule has 0 bridgehead atoms. The number of rotatable bonds is 3. The molecule has 0 aromatic carbocycles. The molecule has 12 heteroatoms. The van der Waals surface area contributed by atoms with Crippen LogP contribution in [0.2, 0.25) is 5.15 Å². The Hall–Kier alpha value is -1.49. The summed E-state index contributed by atoms with van der Waals surface area (Å²) < 4.78 is 71.7. The maximum atomic E-state index is 12.6. The van der Waals surface area contributed by atoms with Crippen LogP contribution in [0.3, 0.4) is 0 Å². The molecule has 2 heterocycles. The average Bonchev–Trinajstić information content (AvgIpc) is 2.65. The molecule has 1 saturated heterocycles. The molecule has 6 nitrogen and oxygen atoms in total. The molecule has 1 aliphatic rings. The number of nitrogens with zero attached hydrogens (tertiary/aromatic N) is 3. The molecule has 0 radical (unpaired) electrons. The van der Waals surface area contributed by atoms with E-state index in [0.29, 0.717) is 6.07 Å². The first-order valence-electron chi connectivity index (χ1n) is 5.80. The van der Waals surface area contributed by atoms with E-state index >= 15 is 0 Å². The topological polar surface area (TPSA) is 80.2 Å². The second-order valence-electron chi connectivity index (χ2n) is 4.65. The van der Waals surface area contributed by atoms with E-state index < -0.39 is 50.8 Å². The number of carbonyl (C=O) groups excluding carboxylic acids is 1. The van der Waals surface area contributed by atoms with Crippen molar-refractivity contribution in [1.82, 2.24) is 9.97 Å². The van der Waals surface area contributed by atoms with E-state index in [1.807, 2.05) is 0 Å². The number of hydrogen-bond donors (Lipinski definition) is 0. The highest BCUT2D eigenvalue weighted by molar-refractivity contribution is 7.86. The van der Waals surface area contributed by atoms with Crippen molar-refractivity contribution in [2.45, 2.75) is 12.6 Å². The molecule has 0 spiro atoms. The summed E-state index contributed by atoms with van der Waals surface area (Å²) in [6.45, 7) is -0.306. The molecule has 1 aromatic rings. The van der Waals surface area contributed by atoms with Crippen molar-refractivity contribution in [3.8, 4) is 0 Å². The molecule has 1 fully saturated rings. The fourth-order valence-corrected chi connectivity index (χ4v) is 3.00. The summed E-state index contributed by atoms with van der Waals surface area (Å²) in [6.07, 6.45) is -5.12. The summed E-state index contributed by atoms with van der Waals surface area (Å²) >= 11 is 5.48. The van der Waals surface area contributed by atoms with Crippen LogP contribution in [0.5, 0.6) is 0 Å². The van der Waals surface area contributed by atoms with Crippen molar-refractivity contribution in [2.75, 3.05) is 17.2 Å². The SMILES string of the molecule is O=C1CC(CS(=O)(=O)F)CN1c1nc(Cl)cc(C(F)(F)F)n1. The Morgan fingerprint density at radius 2 is 2.00 bits per heavy atom. The third kappa shape index (κ3) is 4.03. The van der Waals surface area contributed by atoms with Gasteiger partial charge in [-0.1, -0.05) is 11.6 Å². The number of anilines is 1. The van der Waals surface area contributed by atoms with Crippen LogP contribution < -0.4 is 4.90 Å². The van der Waals surface area contributed by atoms with Crippen LogP contribution in [0.15, 0.2) is 6.07 Å². The second kappa shape index (κ2) is 5.61. The predicted octanol–water partition coefficient (Wildman–Crippen LogP) is 1.80. The van der Waals surface area contributed by atoms with Gasteiger partial charge in [-0.15, -0.1) is 3.89 Å². The highest BCUT2D eigenvalue weighted by atomic mass is 35.5. The van der Waals surface area contributed by atoms with Crippen LogP contribution in [0.25, 0.3) is 0 Å². The Labute approximate surface area is 127 Å². The van der Waals surface area contributed by atoms with E-state index in [9.17, 15) is 30.3 Å². The molecular weight excluding hydrogens is 354 g/mol. The third-order valence-electron chi connectivity index (χ3n) is 2.85. The van der Waals surface area contributed by atoms with E-state index in [0.717, 1.165) is 4.90 Å². The fraction of sp³-hybridized carbons (Fsp3) is 0.500. The summed E-state index contributed by atoms with van der Waals surface area (Å²) in [5.41, 5.74) is -1.34. The number of halogens is 5. The van der Waals surface area contributed by atoms with Crippen molar-refractivity contribution >= 4 is 33.7 Å². The van der Waals surface area contributed by atoms with Gasteiger partial charge in [-0.25, -0.2) is 9.97 Å². The first-order chi connectivity index (χ1) is 9.95. The largest absolute Gasteiger partial charge is 0.433 e. The molecule has 0 N–H and O–H groups in total. The van der Waals surface area contributed by atoms with Crippen molar-refractivity contribution in [3.05, 3.63) is 16.9 Å². The summed E-state index contributed by atoms with van der Waals surface area (Å²) in [4.78, 5) is 19.2. The molecule has 22 heavy (non-hydrogen) atoms. The van der Waals surface area contributed by atoms with Crippen LogP contribution in [-0.2, 0) is 21.2 Å². The number of aromatic nitrogens is 2. The lowest BCUT2D eigenvalue weighted by Crippen LogP contribution is -2.28. The van der Waals surface area contributed by atoms with Crippen LogP contribution >= 0.6 is 11.6 Å². The number of amides is 1. The summed E-state index contributed by atoms with van der Waals surface area (Å²) in [6, 6.07) is 0.495. The second-order valence-corrected chi connectivity index (χ2v) is 6.45. The zero-order chi connectivity index (χ0) is 16.7. The van der Waals surface area contributed by atoms with Gasteiger partial charge in [0.2, 0.25) is 11.9 Å². The first-order valence-corrected chi connectivity index (χ1v) is 7.73. The molecular formula is C10H8ClF4N3O3S. The lowest BCUT2D eigenvalue weighted by molar-refractivity contribution is -0.141. The van der Waals surface area contributed by atoms with Gasteiger partial charge >= 0.3 is 16.4 Å². The molecule has 122 valence electrons. The minimum atomic E-state index is -4.80. The van der Waals surface area contributed by atoms with E-state index in [-0.39, 0.29) is 13.0 Å². The van der Waals surface area contributed by atoms with Gasteiger partial charge in [0.15, 0.2) is 5.69 Å². The predicted molar refractivity (Wildman–Crippen MR) is 67.4 cm³/mol. The monoisotopic (exact) mass is 361 g/mol. The van der Waals surface area contributed by atoms with E-state index in [4.69, 9.17) is 11.6 Å². The number of carbonyl (C=O) groups is 1. The Kier molecular flexibility index (Phi) is 4.30. The third-order valence-corrected chi connectivity index (χ3v) is 3.92. The Morgan fingerprint density at radius 3 is 2.55 bits per heavy atom. The first kappa shape index (κ1) is 16.9. The van der Waals surface area contributed by atoms with Crippen LogP contribution in [0, 0.1) is 5.92 Å². The minimum absolute atomic E-state index is 0.306. The van der Waals surface area contributed by atoms with Crippen LogP contribution in [0.4, 0.5) is 23.0 Å². The molecule has 1 amide bonds. The molecule has 0 saturated carbocycles. The number of hydrogen-bond acceptors (Lipinski definition) is 5. The normalized spacial score (nSPS) is 19.8. The van der Waals surface area contributed by atoms with E-state index in [2.05, 4.69) is 9.97 Å². The van der Waals surface area contributed by atoms with Crippen molar-refractivity contribution in [2.24, 2.45) is 5.92 Å². The van der Waals surface area contributed by atoms with Gasteiger partial charge in [0.1, 0.15) is 5.15 Å². The van der Waals surface area contributed by atoms with Crippen molar-refractivity contribution in [1.29, 1.82) is 0 Å². The Balaban J connectivity index is 2.29. The van der Waals surface area contributed by atoms with Crippen molar-refractivity contribution < 1.29 is 30.3 Å². The van der Waals surface area contributed by atoms with Gasteiger partial charge in [0.25, 0.3) is 0 Å². The minimum Gasteiger partial charge on any atom is -0.280 e. The highest BCUT2D eigenvalue weighted by Crippen LogP contribution is 2.31. The quantitative estimate of drug-likeness (QED) is 0.466. The zero-order valence-corrected chi connectivity index (χ0v) is 12.2. The van der Waals surface area contributed by atoms with Crippen molar-refractivity contribution in [3.63, 3.8) is 0 Å². The fourth-order valence-electron chi connectivity index (χ4n) is 2.04. The molecule has 1 aliphatic heterocycles. The van der Waals surface area contributed by atoms with Gasteiger partial charge < -0.3 is 0 Å². The van der Waals surface area contributed by atoms with Gasteiger partial charge in [-0.2, -0.15) is 21.6 Å². The molecule has 1 atom stereocenters. The van der Waals surface area contributed by atoms with Crippen LogP contribution in [-0.4, -0.2) is 36.6 Å².